The number of aryl methyl sites for hydroxylation is 3. The normalized spacial score (nSPS) is 15.9. The van der Waals surface area contributed by atoms with Crippen molar-refractivity contribution in [1.29, 1.82) is 0 Å². The second-order valence-corrected chi connectivity index (χ2v) is 19.0. The fraction of sp³-hybridized carbons (Fsp3) is 0.300. The van der Waals surface area contributed by atoms with E-state index in [2.05, 4.69) is 164 Å². The monoisotopic (exact) mass is 836 g/mol. The van der Waals surface area contributed by atoms with Gasteiger partial charge in [-0.15, -0.1) is 0 Å². The Morgan fingerprint density at radius 3 is 0.828 bits per heavy atom. The molecule has 0 spiro atoms. The number of rotatable bonds is 6. The highest BCUT2D eigenvalue weighted by Crippen LogP contribution is 2.41. The van der Waals surface area contributed by atoms with Crippen LogP contribution in [0.25, 0.3) is 49.8 Å². The van der Waals surface area contributed by atoms with Crippen molar-refractivity contribution in [2.75, 3.05) is 4.90 Å². The number of aromatic nitrogens is 3. The average Bonchev–Trinajstić information content (AvgIpc) is 3.90. The Labute approximate surface area is 378 Å². The molecule has 0 radical (unpaired) electrons. The first-order chi connectivity index (χ1) is 31.8. The van der Waals surface area contributed by atoms with E-state index >= 15 is 0 Å². The van der Waals surface area contributed by atoms with Crippen LogP contribution in [0.3, 0.4) is 0 Å². The number of hydrogen-bond acceptors (Lipinski definition) is 1. The van der Waals surface area contributed by atoms with E-state index in [0.29, 0.717) is 0 Å². The molecule has 0 aliphatic heterocycles. The third-order valence-electron chi connectivity index (χ3n) is 15.1. The van der Waals surface area contributed by atoms with Gasteiger partial charge in [0.25, 0.3) is 0 Å². The largest absolute Gasteiger partial charge is 0.313 e. The smallest absolute Gasteiger partial charge is 0.0534 e. The first-order valence-corrected chi connectivity index (χ1v) is 24.8. The van der Waals surface area contributed by atoms with E-state index in [9.17, 15) is 0 Å². The third-order valence-corrected chi connectivity index (χ3v) is 15.1. The van der Waals surface area contributed by atoms with Gasteiger partial charge in [0.1, 0.15) is 0 Å². The highest BCUT2D eigenvalue weighted by atomic mass is 15.1. The Morgan fingerprint density at radius 2 is 0.531 bits per heavy atom. The van der Waals surface area contributed by atoms with Gasteiger partial charge in [-0.3, -0.25) is 0 Å². The highest BCUT2D eigenvalue weighted by molar-refractivity contribution is 5.90. The molecule has 0 N–H and O–H groups in total. The summed E-state index contributed by atoms with van der Waals surface area (Å²) in [5.74, 6) is 0. The van der Waals surface area contributed by atoms with Gasteiger partial charge in [0.15, 0.2) is 0 Å². The number of para-hydroxylation sites is 3. The molecule has 3 aliphatic carbocycles. The summed E-state index contributed by atoms with van der Waals surface area (Å²) in [6.45, 7) is 0. The standard InChI is InChI=1S/C60H60N4/c1-4-10-25-55-49(19-7-1)52-22-13-16-28-58(52)62(55)46-37-31-43(32-38-46)61(44-33-39-47(40-34-44)63-56-26-11-5-2-8-20-50(56)53-23-14-17-29-59(53)63)45-35-41-48(42-36-45)64-57-27-12-6-3-9-21-51(57)54-24-15-18-30-60(54)64/h13-18,22-24,28-42H,1-12,19-21,25-27H2. The fourth-order valence-electron chi connectivity index (χ4n) is 12.1. The van der Waals surface area contributed by atoms with Gasteiger partial charge in [0.2, 0.25) is 0 Å². The molecular formula is C60H60N4. The van der Waals surface area contributed by atoms with Crippen LogP contribution >= 0.6 is 0 Å². The van der Waals surface area contributed by atoms with E-state index in [1.165, 1.54) is 163 Å². The fourth-order valence-corrected chi connectivity index (χ4v) is 12.1. The summed E-state index contributed by atoms with van der Waals surface area (Å²) in [6, 6.07) is 55.6. The first-order valence-electron chi connectivity index (χ1n) is 24.8. The van der Waals surface area contributed by atoms with Crippen molar-refractivity contribution in [1.82, 2.24) is 13.7 Å². The Kier molecular flexibility index (Phi) is 10.5. The van der Waals surface area contributed by atoms with E-state index in [-0.39, 0.29) is 0 Å². The molecule has 0 unspecified atom stereocenters. The molecule has 0 saturated carbocycles. The van der Waals surface area contributed by atoms with Crippen molar-refractivity contribution >= 4 is 49.8 Å². The van der Waals surface area contributed by atoms with Crippen molar-refractivity contribution in [3.8, 4) is 17.1 Å². The Morgan fingerprint density at radius 1 is 0.266 bits per heavy atom. The molecule has 12 rings (SSSR count). The third kappa shape index (κ3) is 6.89. The number of fused-ring (bicyclic) bond motifs is 9. The molecule has 64 heavy (non-hydrogen) atoms. The van der Waals surface area contributed by atoms with Gasteiger partial charge in [0.05, 0.1) is 16.6 Å². The second-order valence-electron chi connectivity index (χ2n) is 19.0. The van der Waals surface area contributed by atoms with Gasteiger partial charge in [-0.05, 0) is 185 Å². The molecule has 6 aromatic carbocycles. The minimum absolute atomic E-state index is 1.14. The van der Waals surface area contributed by atoms with Crippen LogP contribution < -0.4 is 4.90 Å². The molecule has 9 aromatic rings. The van der Waals surface area contributed by atoms with Gasteiger partial charge in [0, 0.05) is 67.4 Å². The molecule has 0 atom stereocenters. The zero-order valence-electron chi connectivity index (χ0n) is 37.4. The molecule has 3 heterocycles. The second kappa shape index (κ2) is 17.0. The summed E-state index contributed by atoms with van der Waals surface area (Å²) in [6.07, 6.45) is 22.5. The Hall–Kier alpha value is -6.26. The number of benzene rings is 6. The first kappa shape index (κ1) is 39.3. The van der Waals surface area contributed by atoms with Crippen molar-refractivity contribution in [3.63, 3.8) is 0 Å². The molecule has 320 valence electrons. The zero-order chi connectivity index (χ0) is 42.4. The summed E-state index contributed by atoms with van der Waals surface area (Å²) in [4.78, 5) is 2.46. The van der Waals surface area contributed by atoms with E-state index in [4.69, 9.17) is 0 Å². The summed E-state index contributed by atoms with van der Waals surface area (Å²) in [7, 11) is 0. The molecule has 0 saturated heterocycles. The van der Waals surface area contributed by atoms with Crippen LogP contribution in [-0.2, 0) is 38.5 Å². The maximum Gasteiger partial charge on any atom is 0.0534 e. The molecular weight excluding hydrogens is 777 g/mol. The topological polar surface area (TPSA) is 18.0 Å². The van der Waals surface area contributed by atoms with Crippen LogP contribution in [0.15, 0.2) is 146 Å². The van der Waals surface area contributed by atoms with E-state index in [1.54, 1.807) is 16.7 Å². The highest BCUT2D eigenvalue weighted by Gasteiger charge is 2.24. The lowest BCUT2D eigenvalue weighted by atomic mass is 9.96. The average molecular weight is 837 g/mol. The maximum atomic E-state index is 2.58. The van der Waals surface area contributed by atoms with Crippen molar-refractivity contribution in [2.45, 2.75) is 116 Å². The van der Waals surface area contributed by atoms with E-state index in [1.807, 2.05) is 0 Å². The molecule has 0 amide bonds. The van der Waals surface area contributed by atoms with Crippen LogP contribution in [0.5, 0.6) is 0 Å². The summed E-state index contributed by atoms with van der Waals surface area (Å²) >= 11 is 0. The van der Waals surface area contributed by atoms with E-state index in [0.717, 1.165) is 36.3 Å². The van der Waals surface area contributed by atoms with Crippen molar-refractivity contribution in [3.05, 3.63) is 179 Å². The van der Waals surface area contributed by atoms with Gasteiger partial charge >= 0.3 is 0 Å². The number of nitrogens with zero attached hydrogens (tertiary/aromatic N) is 4. The Balaban J connectivity index is 0.969. The molecule has 0 bridgehead atoms. The van der Waals surface area contributed by atoms with Crippen molar-refractivity contribution in [2.24, 2.45) is 0 Å². The van der Waals surface area contributed by atoms with Gasteiger partial charge in [-0.1, -0.05) is 93.1 Å². The minimum Gasteiger partial charge on any atom is -0.313 e. The van der Waals surface area contributed by atoms with Crippen LogP contribution in [0.4, 0.5) is 17.1 Å². The molecule has 4 nitrogen and oxygen atoms in total. The number of hydrogen-bond donors (Lipinski definition) is 0. The lowest BCUT2D eigenvalue weighted by Crippen LogP contribution is -2.11. The minimum atomic E-state index is 1.14. The van der Waals surface area contributed by atoms with Crippen LogP contribution in [0.1, 0.15) is 111 Å². The molecule has 3 aliphatic rings. The van der Waals surface area contributed by atoms with Gasteiger partial charge in [-0.25, -0.2) is 0 Å². The van der Waals surface area contributed by atoms with Crippen molar-refractivity contribution < 1.29 is 0 Å². The predicted octanol–water partition coefficient (Wildman–Crippen LogP) is 16.0. The zero-order valence-corrected chi connectivity index (χ0v) is 37.4. The van der Waals surface area contributed by atoms with Crippen LogP contribution in [0.2, 0.25) is 0 Å². The van der Waals surface area contributed by atoms with Gasteiger partial charge < -0.3 is 18.6 Å². The Bertz CT molecular complexity index is 2760. The number of anilines is 3. The van der Waals surface area contributed by atoms with Gasteiger partial charge in [-0.2, -0.15) is 0 Å². The SMILES string of the molecule is c1ccc2c(c1)c1c(n2-c2ccc(N(c3ccc(-n4c5c(c6ccccc64)CCCCCC5)cc3)c3ccc(-n4c5c(c6ccccc64)CCCCCC5)cc3)cc2)CCCCCC1. The molecule has 4 heteroatoms. The summed E-state index contributed by atoms with van der Waals surface area (Å²) < 4.78 is 7.73. The van der Waals surface area contributed by atoms with Crippen LogP contribution in [0, 0.1) is 0 Å². The molecule has 3 aromatic heterocycles. The molecule has 0 fully saturated rings. The maximum absolute atomic E-state index is 2.58. The quantitative estimate of drug-likeness (QED) is 0.163. The van der Waals surface area contributed by atoms with E-state index < -0.39 is 0 Å². The predicted molar refractivity (Wildman–Crippen MR) is 269 cm³/mol. The summed E-state index contributed by atoms with van der Waals surface area (Å²) in [5, 5.41) is 4.28. The summed E-state index contributed by atoms with van der Waals surface area (Å²) in [5.41, 5.74) is 20.5. The lowest BCUT2D eigenvalue weighted by molar-refractivity contribution is 0.608. The van der Waals surface area contributed by atoms with Crippen LogP contribution in [-0.4, -0.2) is 13.7 Å². The lowest BCUT2D eigenvalue weighted by Gasteiger charge is -2.27.